The Morgan fingerprint density at radius 2 is 1.61 bits per heavy atom. The van der Waals surface area contributed by atoms with E-state index in [0.29, 0.717) is 17.2 Å². The number of methoxy groups -OCH3 is 3. The van der Waals surface area contributed by atoms with Crippen LogP contribution in [0.4, 0.5) is 0 Å². The fourth-order valence-electron chi connectivity index (χ4n) is 1.91. The molecule has 0 spiro atoms. The van der Waals surface area contributed by atoms with E-state index in [1.165, 1.54) is 5.56 Å². The first-order valence-corrected chi connectivity index (χ1v) is 6.16. The van der Waals surface area contributed by atoms with Gasteiger partial charge in [-0.1, -0.05) is 0 Å². The number of benzene rings is 1. The zero-order chi connectivity index (χ0) is 13.5. The maximum atomic E-state index is 5.74. The lowest BCUT2D eigenvalue weighted by atomic mass is 10.0. The van der Waals surface area contributed by atoms with E-state index >= 15 is 0 Å². The van der Waals surface area contributed by atoms with Gasteiger partial charge in [0.25, 0.3) is 0 Å². The molecule has 0 fully saturated rings. The Bertz CT molecular complexity index is 352. The molecule has 1 atom stereocenters. The van der Waals surface area contributed by atoms with Gasteiger partial charge in [-0.15, -0.1) is 0 Å². The average Bonchev–Trinajstić information content (AvgIpc) is 2.36. The van der Waals surface area contributed by atoms with Crippen molar-refractivity contribution in [1.29, 1.82) is 0 Å². The summed E-state index contributed by atoms with van der Waals surface area (Å²) in [6.07, 6.45) is 3.02. The average molecular weight is 253 g/mol. The summed E-state index contributed by atoms with van der Waals surface area (Å²) < 4.78 is 15.9. The molecule has 1 unspecified atom stereocenters. The summed E-state index contributed by atoms with van der Waals surface area (Å²) >= 11 is 0. The topological polar surface area (TPSA) is 53.7 Å². The molecule has 1 aromatic rings. The van der Waals surface area contributed by atoms with Crippen LogP contribution in [-0.2, 0) is 6.42 Å². The van der Waals surface area contributed by atoms with Crippen LogP contribution in [0.15, 0.2) is 12.1 Å². The third kappa shape index (κ3) is 3.81. The first-order chi connectivity index (χ1) is 8.62. The van der Waals surface area contributed by atoms with E-state index in [1.54, 1.807) is 21.3 Å². The highest BCUT2D eigenvalue weighted by atomic mass is 16.5. The third-order valence-corrected chi connectivity index (χ3v) is 2.85. The van der Waals surface area contributed by atoms with E-state index in [0.717, 1.165) is 19.3 Å². The smallest absolute Gasteiger partial charge is 0.203 e. The predicted molar refractivity (Wildman–Crippen MR) is 72.7 cm³/mol. The van der Waals surface area contributed by atoms with E-state index in [4.69, 9.17) is 19.9 Å². The minimum absolute atomic E-state index is 0.243. The number of nitrogens with two attached hydrogens (primary N) is 1. The lowest BCUT2D eigenvalue weighted by Gasteiger charge is -2.14. The van der Waals surface area contributed by atoms with Gasteiger partial charge in [-0.2, -0.15) is 0 Å². The summed E-state index contributed by atoms with van der Waals surface area (Å²) in [4.78, 5) is 0. The molecule has 0 heterocycles. The van der Waals surface area contributed by atoms with Gasteiger partial charge >= 0.3 is 0 Å². The van der Waals surface area contributed by atoms with Crippen molar-refractivity contribution in [1.82, 2.24) is 0 Å². The molecule has 0 amide bonds. The molecule has 0 aliphatic carbocycles. The number of rotatable bonds is 7. The highest BCUT2D eigenvalue weighted by Gasteiger charge is 2.12. The fraction of sp³-hybridized carbons (Fsp3) is 0.571. The van der Waals surface area contributed by atoms with E-state index < -0.39 is 0 Å². The summed E-state index contributed by atoms with van der Waals surface area (Å²) in [5, 5.41) is 0. The molecular formula is C14H23NO3. The number of hydrogen-bond acceptors (Lipinski definition) is 4. The lowest BCUT2D eigenvalue weighted by Crippen LogP contribution is -2.14. The molecule has 2 N–H and O–H groups in total. The normalized spacial score (nSPS) is 12.1. The van der Waals surface area contributed by atoms with Crippen molar-refractivity contribution in [2.75, 3.05) is 21.3 Å². The summed E-state index contributed by atoms with van der Waals surface area (Å²) in [6.45, 7) is 2.02. The second-order valence-electron chi connectivity index (χ2n) is 4.40. The van der Waals surface area contributed by atoms with Crippen molar-refractivity contribution < 1.29 is 14.2 Å². The van der Waals surface area contributed by atoms with Crippen molar-refractivity contribution in [2.45, 2.75) is 32.2 Å². The van der Waals surface area contributed by atoms with Gasteiger partial charge in [0.05, 0.1) is 21.3 Å². The molecule has 4 heteroatoms. The van der Waals surface area contributed by atoms with E-state index in [-0.39, 0.29) is 6.04 Å². The molecule has 0 saturated heterocycles. The Morgan fingerprint density at radius 3 is 2.00 bits per heavy atom. The Balaban J connectivity index is 2.86. The second kappa shape index (κ2) is 7.11. The first kappa shape index (κ1) is 14.6. The van der Waals surface area contributed by atoms with Crippen LogP contribution in [0, 0.1) is 0 Å². The fourth-order valence-corrected chi connectivity index (χ4v) is 1.91. The quantitative estimate of drug-likeness (QED) is 0.810. The molecule has 18 heavy (non-hydrogen) atoms. The molecule has 0 aromatic heterocycles. The molecular weight excluding hydrogens is 230 g/mol. The summed E-state index contributed by atoms with van der Waals surface area (Å²) in [6, 6.07) is 4.22. The lowest BCUT2D eigenvalue weighted by molar-refractivity contribution is 0.323. The zero-order valence-electron chi connectivity index (χ0n) is 11.7. The van der Waals surface area contributed by atoms with Gasteiger partial charge in [-0.25, -0.2) is 0 Å². The Labute approximate surface area is 109 Å². The maximum absolute atomic E-state index is 5.74. The van der Waals surface area contributed by atoms with Crippen molar-refractivity contribution in [3.05, 3.63) is 17.7 Å². The second-order valence-corrected chi connectivity index (χ2v) is 4.40. The van der Waals surface area contributed by atoms with Gasteiger partial charge in [0, 0.05) is 6.04 Å². The van der Waals surface area contributed by atoms with Crippen molar-refractivity contribution in [3.8, 4) is 17.2 Å². The molecule has 0 saturated carbocycles. The van der Waals surface area contributed by atoms with Crippen LogP contribution in [0.3, 0.4) is 0 Å². The van der Waals surface area contributed by atoms with Crippen LogP contribution in [0.1, 0.15) is 25.3 Å². The van der Waals surface area contributed by atoms with Gasteiger partial charge in [0.1, 0.15) is 0 Å². The van der Waals surface area contributed by atoms with Crippen molar-refractivity contribution in [3.63, 3.8) is 0 Å². The standard InChI is InChI=1S/C14H23NO3/c1-10(15)6-5-7-11-8-12(16-2)14(18-4)13(9-11)17-3/h8-10H,5-7,15H2,1-4H3. The molecule has 102 valence electrons. The molecule has 0 bridgehead atoms. The highest BCUT2D eigenvalue weighted by molar-refractivity contribution is 5.53. The van der Waals surface area contributed by atoms with Crippen LogP contribution in [0.25, 0.3) is 0 Å². The van der Waals surface area contributed by atoms with Crippen molar-refractivity contribution >= 4 is 0 Å². The predicted octanol–water partition coefficient (Wildman–Crippen LogP) is 2.38. The van der Waals surface area contributed by atoms with Gasteiger partial charge in [-0.05, 0) is 43.9 Å². The monoisotopic (exact) mass is 253 g/mol. The summed E-state index contributed by atoms with van der Waals surface area (Å²) in [7, 11) is 4.86. The largest absolute Gasteiger partial charge is 0.493 e. The molecule has 4 nitrogen and oxygen atoms in total. The SMILES string of the molecule is COc1cc(CCCC(C)N)cc(OC)c1OC. The molecule has 1 aromatic carbocycles. The zero-order valence-corrected chi connectivity index (χ0v) is 11.7. The van der Waals surface area contributed by atoms with Gasteiger partial charge in [0.2, 0.25) is 5.75 Å². The molecule has 1 rings (SSSR count). The Morgan fingerprint density at radius 1 is 1.06 bits per heavy atom. The van der Waals surface area contributed by atoms with Crippen LogP contribution in [0.5, 0.6) is 17.2 Å². The van der Waals surface area contributed by atoms with Gasteiger partial charge < -0.3 is 19.9 Å². The van der Waals surface area contributed by atoms with E-state index in [1.807, 2.05) is 19.1 Å². The van der Waals surface area contributed by atoms with Gasteiger partial charge in [-0.3, -0.25) is 0 Å². The summed E-state index contributed by atoms with van der Waals surface area (Å²) in [5.74, 6) is 2.04. The third-order valence-electron chi connectivity index (χ3n) is 2.85. The van der Waals surface area contributed by atoms with Crippen LogP contribution in [-0.4, -0.2) is 27.4 Å². The first-order valence-electron chi connectivity index (χ1n) is 6.16. The molecule has 0 aliphatic rings. The maximum Gasteiger partial charge on any atom is 0.203 e. The van der Waals surface area contributed by atoms with Crippen LogP contribution in [0.2, 0.25) is 0 Å². The molecule has 0 radical (unpaired) electrons. The number of ether oxygens (including phenoxy) is 3. The molecule has 0 aliphatic heterocycles. The highest BCUT2D eigenvalue weighted by Crippen LogP contribution is 2.38. The van der Waals surface area contributed by atoms with Crippen LogP contribution >= 0.6 is 0 Å². The minimum atomic E-state index is 0.243. The van der Waals surface area contributed by atoms with Gasteiger partial charge in [0.15, 0.2) is 11.5 Å². The van der Waals surface area contributed by atoms with E-state index in [9.17, 15) is 0 Å². The minimum Gasteiger partial charge on any atom is -0.493 e. The number of hydrogen-bond donors (Lipinski definition) is 1. The summed E-state index contributed by atoms with van der Waals surface area (Å²) in [5.41, 5.74) is 6.92. The van der Waals surface area contributed by atoms with Crippen LogP contribution < -0.4 is 19.9 Å². The Kier molecular flexibility index (Phi) is 5.78. The van der Waals surface area contributed by atoms with E-state index in [2.05, 4.69) is 0 Å². The number of aryl methyl sites for hydroxylation is 1. The Hall–Kier alpha value is -1.42. The van der Waals surface area contributed by atoms with Crippen molar-refractivity contribution in [2.24, 2.45) is 5.73 Å².